The third-order valence-electron chi connectivity index (χ3n) is 9.76. The Balaban J connectivity index is 1.38. The molecule has 0 amide bonds. The summed E-state index contributed by atoms with van der Waals surface area (Å²) in [5.74, 6) is -2.49. The molecule has 4 unspecified atom stereocenters. The van der Waals surface area contributed by atoms with Crippen LogP contribution in [0.1, 0.15) is 72.5 Å². The number of hydrogen-bond donors (Lipinski definition) is 6. The molecule has 7 rings (SSSR count). The normalized spacial score (nSPS) is 21.4. The minimum Gasteiger partial charge on any atom is -0.508 e. The fourth-order valence-electron chi connectivity index (χ4n) is 7.58. The minimum absolute atomic E-state index is 0.0245. The number of fused-ring (bicyclic) bond motifs is 5. The van der Waals surface area contributed by atoms with Crippen LogP contribution in [0.25, 0.3) is 22.3 Å². The zero-order valence-corrected chi connectivity index (χ0v) is 26.7. The van der Waals surface area contributed by atoms with Gasteiger partial charge in [-0.05, 0) is 94.1 Å². The first-order valence-electron chi connectivity index (χ1n) is 15.8. The van der Waals surface area contributed by atoms with Crippen LogP contribution in [0, 0.1) is 5.92 Å². The van der Waals surface area contributed by atoms with E-state index in [0.29, 0.717) is 46.6 Å². The Morgan fingerprint density at radius 3 is 2.31 bits per heavy atom. The van der Waals surface area contributed by atoms with Gasteiger partial charge in [0.05, 0.1) is 5.56 Å². The molecular formula is C39H36O9. The van der Waals surface area contributed by atoms with Crippen LogP contribution in [0.15, 0.2) is 82.8 Å². The van der Waals surface area contributed by atoms with E-state index in [-0.39, 0.29) is 52.0 Å². The molecule has 48 heavy (non-hydrogen) atoms. The lowest BCUT2D eigenvalue weighted by Crippen LogP contribution is -2.49. The van der Waals surface area contributed by atoms with Crippen molar-refractivity contribution in [2.75, 3.05) is 0 Å². The third-order valence-corrected chi connectivity index (χ3v) is 9.76. The molecule has 246 valence electrons. The van der Waals surface area contributed by atoms with E-state index in [1.165, 1.54) is 30.3 Å². The topological polar surface area (TPSA) is 161 Å². The Hall–Kier alpha value is -5.57. The molecular weight excluding hydrogens is 612 g/mol. The Morgan fingerprint density at radius 1 is 0.833 bits per heavy atom. The van der Waals surface area contributed by atoms with Crippen molar-refractivity contribution in [3.05, 3.63) is 101 Å². The highest BCUT2D eigenvalue weighted by atomic mass is 16.5. The number of phenols is 6. The number of hydrogen-bond acceptors (Lipinski definition) is 9. The molecule has 1 aliphatic heterocycles. The first-order chi connectivity index (χ1) is 22.8. The molecule has 6 N–H and O–H groups in total. The third kappa shape index (κ3) is 5.25. The molecule has 4 aromatic carbocycles. The second kappa shape index (κ2) is 11.3. The molecule has 1 fully saturated rings. The van der Waals surface area contributed by atoms with Crippen LogP contribution in [0.2, 0.25) is 0 Å². The van der Waals surface area contributed by atoms with E-state index in [4.69, 9.17) is 9.15 Å². The van der Waals surface area contributed by atoms with Gasteiger partial charge in [0.15, 0.2) is 5.78 Å². The Labute approximate surface area is 276 Å². The van der Waals surface area contributed by atoms with E-state index in [9.17, 15) is 35.4 Å². The summed E-state index contributed by atoms with van der Waals surface area (Å²) in [7, 11) is 0. The van der Waals surface area contributed by atoms with Crippen molar-refractivity contribution in [1.82, 2.24) is 0 Å². The zero-order chi connectivity index (χ0) is 34.1. The molecule has 1 saturated carbocycles. The summed E-state index contributed by atoms with van der Waals surface area (Å²) in [6.45, 7) is 5.73. The van der Waals surface area contributed by atoms with Crippen LogP contribution in [-0.2, 0) is 6.42 Å². The molecule has 1 aliphatic carbocycles. The van der Waals surface area contributed by atoms with Crippen molar-refractivity contribution in [3.63, 3.8) is 0 Å². The molecule has 4 atom stereocenters. The fourth-order valence-corrected chi connectivity index (χ4v) is 7.58. The van der Waals surface area contributed by atoms with Gasteiger partial charge in [0.1, 0.15) is 57.2 Å². The Morgan fingerprint density at radius 2 is 1.56 bits per heavy atom. The fraction of sp³-hybridized carbons (Fsp3) is 0.256. The number of furan rings is 1. The minimum atomic E-state index is -0.881. The van der Waals surface area contributed by atoms with Gasteiger partial charge in [-0.15, -0.1) is 0 Å². The predicted octanol–water partition coefficient (Wildman–Crippen LogP) is 8.15. The largest absolute Gasteiger partial charge is 0.508 e. The number of Topliss-reactive ketones (excluding diaryl/α,β-unsaturated/α-hetero) is 1. The SMILES string of the molecule is CC(C)=CCc1c(O)ccc(C(=O)C2C(c3ccc(O)cc3O)CC3(C)CC2c2c(O)cc(-c4cc5ccc(O)cc5o4)cc2O3)c1O. The van der Waals surface area contributed by atoms with Gasteiger partial charge < -0.3 is 39.8 Å². The summed E-state index contributed by atoms with van der Waals surface area (Å²) in [6.07, 6.45) is 2.74. The summed E-state index contributed by atoms with van der Waals surface area (Å²) < 4.78 is 12.6. The van der Waals surface area contributed by atoms with Crippen LogP contribution in [0.3, 0.4) is 0 Å². The maximum Gasteiger partial charge on any atom is 0.170 e. The number of allylic oxidation sites excluding steroid dienone is 2. The molecule has 0 radical (unpaired) electrons. The smallest absolute Gasteiger partial charge is 0.170 e. The quantitative estimate of drug-likeness (QED) is 0.0788. The molecule has 2 heterocycles. The van der Waals surface area contributed by atoms with Gasteiger partial charge in [-0.3, -0.25) is 4.79 Å². The van der Waals surface area contributed by atoms with Crippen LogP contribution >= 0.6 is 0 Å². The first-order valence-corrected chi connectivity index (χ1v) is 15.8. The van der Waals surface area contributed by atoms with E-state index in [1.54, 1.807) is 36.4 Å². The number of ether oxygens (including phenoxy) is 1. The number of carbonyl (C=O) groups excluding carboxylic acids is 1. The average molecular weight is 649 g/mol. The van der Waals surface area contributed by atoms with Crippen molar-refractivity contribution in [1.29, 1.82) is 0 Å². The number of benzene rings is 4. The van der Waals surface area contributed by atoms with Gasteiger partial charge in [0.25, 0.3) is 0 Å². The van der Waals surface area contributed by atoms with Gasteiger partial charge in [-0.1, -0.05) is 17.7 Å². The number of phenolic OH excluding ortho intramolecular Hbond substituents is 6. The molecule has 2 bridgehead atoms. The van der Waals surface area contributed by atoms with E-state index in [1.807, 2.05) is 26.8 Å². The van der Waals surface area contributed by atoms with Gasteiger partial charge in [-0.25, -0.2) is 0 Å². The molecule has 2 aliphatic rings. The van der Waals surface area contributed by atoms with E-state index < -0.39 is 29.1 Å². The van der Waals surface area contributed by atoms with Crippen molar-refractivity contribution in [3.8, 4) is 51.6 Å². The van der Waals surface area contributed by atoms with Gasteiger partial charge in [-0.2, -0.15) is 0 Å². The number of aromatic hydroxyl groups is 6. The number of carbonyl (C=O) groups is 1. The highest BCUT2D eigenvalue weighted by Crippen LogP contribution is 2.60. The molecule has 9 nitrogen and oxygen atoms in total. The zero-order valence-electron chi connectivity index (χ0n) is 26.7. The van der Waals surface area contributed by atoms with E-state index in [2.05, 4.69) is 0 Å². The second-order valence-corrected chi connectivity index (χ2v) is 13.5. The molecule has 9 heteroatoms. The Kier molecular flexibility index (Phi) is 7.31. The predicted molar refractivity (Wildman–Crippen MR) is 179 cm³/mol. The molecule has 0 spiro atoms. The highest BCUT2D eigenvalue weighted by molar-refractivity contribution is 6.02. The van der Waals surface area contributed by atoms with Crippen LogP contribution in [0.5, 0.6) is 40.2 Å². The molecule has 5 aromatic rings. The summed E-state index contributed by atoms with van der Waals surface area (Å²) in [4.78, 5) is 14.8. The number of rotatable bonds is 6. The maximum absolute atomic E-state index is 14.8. The van der Waals surface area contributed by atoms with E-state index in [0.717, 1.165) is 11.0 Å². The van der Waals surface area contributed by atoms with Gasteiger partial charge in [0, 0.05) is 52.0 Å². The van der Waals surface area contributed by atoms with Crippen molar-refractivity contribution in [2.24, 2.45) is 5.92 Å². The van der Waals surface area contributed by atoms with E-state index >= 15 is 0 Å². The van der Waals surface area contributed by atoms with Crippen molar-refractivity contribution >= 4 is 16.8 Å². The van der Waals surface area contributed by atoms with Gasteiger partial charge in [0.2, 0.25) is 0 Å². The second-order valence-electron chi connectivity index (χ2n) is 13.5. The highest BCUT2D eigenvalue weighted by Gasteiger charge is 2.54. The summed E-state index contributed by atoms with van der Waals surface area (Å²) in [5, 5.41) is 65.4. The first kappa shape index (κ1) is 31.1. The summed E-state index contributed by atoms with van der Waals surface area (Å²) in [5.41, 5.74) is 2.29. The van der Waals surface area contributed by atoms with Crippen LogP contribution in [0.4, 0.5) is 0 Å². The average Bonchev–Trinajstić information content (AvgIpc) is 3.43. The van der Waals surface area contributed by atoms with Crippen molar-refractivity contribution in [2.45, 2.75) is 57.5 Å². The van der Waals surface area contributed by atoms with Crippen LogP contribution in [-0.4, -0.2) is 42.0 Å². The van der Waals surface area contributed by atoms with Crippen molar-refractivity contribution < 1.29 is 44.6 Å². The van der Waals surface area contributed by atoms with Crippen LogP contribution < -0.4 is 4.74 Å². The van der Waals surface area contributed by atoms with Gasteiger partial charge >= 0.3 is 0 Å². The lowest BCUT2D eigenvalue weighted by Gasteiger charge is -2.51. The lowest BCUT2D eigenvalue weighted by molar-refractivity contribution is -0.00769. The molecule has 1 aromatic heterocycles. The maximum atomic E-state index is 14.8. The molecule has 0 saturated heterocycles. The monoisotopic (exact) mass is 648 g/mol. The lowest BCUT2D eigenvalue weighted by atomic mass is 9.59. The summed E-state index contributed by atoms with van der Waals surface area (Å²) in [6, 6.07) is 17.0. The number of ketones is 1. The summed E-state index contributed by atoms with van der Waals surface area (Å²) >= 11 is 0. The Bertz CT molecular complexity index is 2140. The standard InChI is InChI=1S/C39H36O9/c1-19(2)4-8-25-29(42)11-10-26(37(25)45)38(46)35-27(24-9-7-22(40)15-30(24)43)17-39(3)18-28(35)36-31(44)12-21(14-34(36)48-39)32-13-20-5-6-23(41)16-33(20)47-32/h4-7,9-16,27-28,35,40-45H,8,17-18H2,1-3H3.